The molecule has 0 unspecified atom stereocenters. The molecule has 0 radical (unpaired) electrons. The van der Waals surface area contributed by atoms with Crippen LogP contribution in [-0.2, 0) is 11.3 Å². The molecule has 1 aliphatic heterocycles. The summed E-state index contributed by atoms with van der Waals surface area (Å²) in [5.74, 6) is 0.682. The van der Waals surface area contributed by atoms with Crippen LogP contribution in [-0.4, -0.2) is 28.1 Å². The molecule has 35 heavy (non-hydrogen) atoms. The molecule has 1 aromatic heterocycles. The van der Waals surface area contributed by atoms with E-state index in [0.717, 1.165) is 28.1 Å². The molecule has 2 heterocycles. The Bertz CT molecular complexity index is 1520. The van der Waals surface area contributed by atoms with Gasteiger partial charge in [0.15, 0.2) is 0 Å². The van der Waals surface area contributed by atoms with Crippen LogP contribution < -0.4 is 4.74 Å². The topological polar surface area (TPSA) is 103 Å². The van der Waals surface area contributed by atoms with Gasteiger partial charge >= 0.3 is 0 Å². The number of rotatable bonds is 6. The van der Waals surface area contributed by atoms with Crippen LogP contribution in [0, 0.1) is 10.1 Å². The number of hydrogen-bond acceptors (Lipinski definition) is 7. The summed E-state index contributed by atoms with van der Waals surface area (Å²) in [5.41, 5.74) is 1.18. The molecule has 8 nitrogen and oxygen atoms in total. The Kier molecular flexibility index (Phi) is 5.84. The van der Waals surface area contributed by atoms with E-state index in [1.54, 1.807) is 12.1 Å². The SMILES string of the molecule is COc1ccc([N+](=O)[O-])cc1-c1ccc(/C=C2\SC(=O)N(Cc3cccc4ccccc34)C2=O)o1. The number of thioether (sulfide) groups is 1. The molecule has 9 heteroatoms. The van der Waals surface area contributed by atoms with Crippen molar-refractivity contribution < 1.29 is 23.7 Å². The van der Waals surface area contributed by atoms with E-state index in [1.165, 1.54) is 36.3 Å². The van der Waals surface area contributed by atoms with Crippen LogP contribution in [0.2, 0.25) is 0 Å². The van der Waals surface area contributed by atoms with Crippen molar-refractivity contribution in [2.45, 2.75) is 6.54 Å². The first-order valence-corrected chi connectivity index (χ1v) is 11.4. The second-order valence-corrected chi connectivity index (χ2v) is 8.74. The Hall–Kier alpha value is -4.37. The monoisotopic (exact) mass is 486 g/mol. The molecule has 0 N–H and O–H groups in total. The van der Waals surface area contributed by atoms with E-state index in [1.807, 2.05) is 42.5 Å². The zero-order chi connectivity index (χ0) is 24.5. The smallest absolute Gasteiger partial charge is 0.293 e. The summed E-state index contributed by atoms with van der Waals surface area (Å²) in [7, 11) is 1.46. The van der Waals surface area contributed by atoms with E-state index < -0.39 is 10.8 Å². The van der Waals surface area contributed by atoms with Crippen LogP contribution in [0.4, 0.5) is 10.5 Å². The lowest BCUT2D eigenvalue weighted by Gasteiger charge is -2.14. The fraction of sp³-hybridized carbons (Fsp3) is 0.0769. The highest BCUT2D eigenvalue weighted by Crippen LogP contribution is 2.37. The van der Waals surface area contributed by atoms with Crippen molar-refractivity contribution in [2.24, 2.45) is 0 Å². The number of furan rings is 1. The lowest BCUT2D eigenvalue weighted by atomic mass is 10.0. The van der Waals surface area contributed by atoms with Crippen molar-refractivity contribution in [3.63, 3.8) is 0 Å². The first-order valence-electron chi connectivity index (χ1n) is 10.6. The molecule has 0 bridgehead atoms. The molecule has 1 fully saturated rings. The minimum absolute atomic E-state index is 0.103. The Labute approximate surface area is 203 Å². The summed E-state index contributed by atoms with van der Waals surface area (Å²) in [5, 5.41) is 12.8. The van der Waals surface area contributed by atoms with Crippen LogP contribution in [0.1, 0.15) is 11.3 Å². The van der Waals surface area contributed by atoms with Crippen molar-refractivity contribution in [3.05, 3.63) is 99.1 Å². The lowest BCUT2D eigenvalue weighted by molar-refractivity contribution is -0.384. The number of carbonyl (C=O) groups is 2. The minimum atomic E-state index is -0.501. The third kappa shape index (κ3) is 4.29. The number of non-ortho nitro benzene ring substituents is 1. The van der Waals surface area contributed by atoms with Crippen molar-refractivity contribution in [1.82, 2.24) is 4.90 Å². The number of ether oxygens (including phenoxy) is 1. The van der Waals surface area contributed by atoms with Gasteiger partial charge in [0.25, 0.3) is 16.8 Å². The molecule has 174 valence electrons. The largest absolute Gasteiger partial charge is 0.496 e. The molecular weight excluding hydrogens is 468 g/mol. The van der Waals surface area contributed by atoms with Crippen molar-refractivity contribution in [2.75, 3.05) is 7.11 Å². The number of benzene rings is 3. The molecule has 1 aliphatic rings. The maximum Gasteiger partial charge on any atom is 0.293 e. The van der Waals surface area contributed by atoms with Gasteiger partial charge < -0.3 is 9.15 Å². The van der Waals surface area contributed by atoms with E-state index in [9.17, 15) is 19.7 Å². The number of nitro benzene ring substituents is 1. The Morgan fingerprint density at radius 2 is 1.86 bits per heavy atom. The van der Waals surface area contributed by atoms with Crippen LogP contribution >= 0.6 is 11.8 Å². The Morgan fingerprint density at radius 3 is 2.66 bits per heavy atom. The molecule has 2 amide bonds. The summed E-state index contributed by atoms with van der Waals surface area (Å²) in [4.78, 5) is 37.8. The summed E-state index contributed by atoms with van der Waals surface area (Å²) in [6.45, 7) is 0.164. The number of imide groups is 1. The zero-order valence-corrected chi connectivity index (χ0v) is 19.3. The highest BCUT2D eigenvalue weighted by Gasteiger charge is 2.35. The van der Waals surface area contributed by atoms with Gasteiger partial charge in [0, 0.05) is 18.2 Å². The molecule has 0 atom stereocenters. The van der Waals surface area contributed by atoms with E-state index >= 15 is 0 Å². The number of fused-ring (bicyclic) bond motifs is 1. The Balaban J connectivity index is 1.41. The zero-order valence-electron chi connectivity index (χ0n) is 18.5. The van der Waals surface area contributed by atoms with E-state index in [-0.39, 0.29) is 22.4 Å². The average Bonchev–Trinajstić information content (AvgIpc) is 3.44. The van der Waals surface area contributed by atoms with Gasteiger partial charge in [0.1, 0.15) is 17.3 Å². The fourth-order valence-corrected chi connectivity index (χ4v) is 4.76. The van der Waals surface area contributed by atoms with E-state index in [2.05, 4.69) is 0 Å². The maximum atomic E-state index is 13.0. The molecule has 5 rings (SSSR count). The van der Waals surface area contributed by atoms with Crippen LogP contribution in [0.25, 0.3) is 28.2 Å². The Morgan fingerprint density at radius 1 is 1.06 bits per heavy atom. The van der Waals surface area contributed by atoms with Gasteiger partial charge in [-0.1, -0.05) is 42.5 Å². The van der Waals surface area contributed by atoms with Crippen molar-refractivity contribution in [1.29, 1.82) is 0 Å². The first kappa shape index (κ1) is 22.4. The van der Waals surface area contributed by atoms with Gasteiger partial charge in [-0.15, -0.1) is 0 Å². The predicted molar refractivity (Wildman–Crippen MR) is 133 cm³/mol. The summed E-state index contributed by atoms with van der Waals surface area (Å²) < 4.78 is 11.1. The van der Waals surface area contributed by atoms with Crippen LogP contribution in [0.15, 0.2) is 82.1 Å². The van der Waals surface area contributed by atoms with Crippen molar-refractivity contribution >= 4 is 45.4 Å². The van der Waals surface area contributed by atoms with Gasteiger partial charge in [0.2, 0.25) is 0 Å². The lowest BCUT2D eigenvalue weighted by Crippen LogP contribution is -2.27. The normalized spacial score (nSPS) is 14.8. The number of nitrogens with zero attached hydrogens (tertiary/aromatic N) is 2. The number of amides is 2. The first-order chi connectivity index (χ1) is 16.9. The average molecular weight is 487 g/mol. The van der Waals surface area contributed by atoms with E-state index in [0.29, 0.717) is 22.8 Å². The van der Waals surface area contributed by atoms with Gasteiger partial charge in [0.05, 0.1) is 29.0 Å². The van der Waals surface area contributed by atoms with Gasteiger partial charge in [-0.2, -0.15) is 0 Å². The number of nitro groups is 1. The summed E-state index contributed by atoms with van der Waals surface area (Å²) in [6, 6.07) is 21.1. The van der Waals surface area contributed by atoms with Crippen molar-refractivity contribution in [3.8, 4) is 17.1 Å². The minimum Gasteiger partial charge on any atom is -0.496 e. The quantitative estimate of drug-likeness (QED) is 0.180. The van der Waals surface area contributed by atoms with E-state index in [4.69, 9.17) is 9.15 Å². The molecule has 0 spiro atoms. The van der Waals surface area contributed by atoms with Crippen LogP contribution in [0.3, 0.4) is 0 Å². The highest BCUT2D eigenvalue weighted by atomic mass is 32.2. The molecule has 0 aliphatic carbocycles. The molecular formula is C26H18N2O6S. The summed E-state index contributed by atoms with van der Waals surface area (Å²) >= 11 is 0.845. The standard InChI is InChI=1S/C26H18N2O6S/c1-33-22-11-9-18(28(31)32)13-21(22)23-12-10-19(34-23)14-24-25(29)27(26(30)35-24)15-17-7-4-6-16-5-2-3-8-20(16)17/h2-14H,15H2,1H3/b24-14-. The highest BCUT2D eigenvalue weighted by molar-refractivity contribution is 8.18. The number of hydrogen-bond donors (Lipinski definition) is 0. The second-order valence-electron chi connectivity index (χ2n) is 7.75. The third-order valence-electron chi connectivity index (χ3n) is 5.64. The fourth-order valence-electron chi connectivity index (χ4n) is 3.94. The summed E-state index contributed by atoms with van der Waals surface area (Å²) in [6.07, 6.45) is 1.50. The molecule has 4 aromatic rings. The number of methoxy groups -OCH3 is 1. The van der Waals surface area contributed by atoms with Gasteiger partial charge in [-0.25, -0.2) is 0 Å². The molecule has 3 aromatic carbocycles. The van der Waals surface area contributed by atoms with Gasteiger partial charge in [-0.3, -0.25) is 24.6 Å². The predicted octanol–water partition coefficient (Wildman–Crippen LogP) is 6.25. The number of carbonyl (C=O) groups excluding carboxylic acids is 2. The van der Waals surface area contributed by atoms with Gasteiger partial charge in [-0.05, 0) is 46.3 Å². The maximum absolute atomic E-state index is 13.0. The third-order valence-corrected chi connectivity index (χ3v) is 6.55. The molecule has 0 saturated carbocycles. The second kappa shape index (κ2) is 9.11. The van der Waals surface area contributed by atoms with Crippen LogP contribution in [0.5, 0.6) is 5.75 Å². The molecule has 1 saturated heterocycles.